The molecule has 2 heterocycles. The molecule has 3 rings (SSSR count). The largest absolute Gasteiger partial charge is 0.459 e. The molecule has 1 amide bonds. The third kappa shape index (κ3) is 2.22. The Bertz CT molecular complexity index is 444. The SMILES string of the molecule is CCC1C/C(=C2\NC3CCCCC3NC2=O)C(=O)O1. The lowest BCUT2D eigenvalue weighted by Gasteiger charge is -2.38. The fourth-order valence-electron chi connectivity index (χ4n) is 3.20. The number of ether oxygens (including phenoxy) is 1. The Morgan fingerprint density at radius 2 is 1.84 bits per heavy atom. The molecule has 5 heteroatoms. The normalized spacial score (nSPS) is 38.3. The van der Waals surface area contributed by atoms with E-state index in [4.69, 9.17) is 4.74 Å². The minimum atomic E-state index is -0.334. The van der Waals surface area contributed by atoms with Crippen molar-refractivity contribution in [3.63, 3.8) is 0 Å². The van der Waals surface area contributed by atoms with E-state index in [1.807, 2.05) is 6.92 Å². The minimum absolute atomic E-state index is 0.0753. The summed E-state index contributed by atoms with van der Waals surface area (Å²) in [6.07, 6.45) is 5.67. The number of cyclic esters (lactones) is 1. The van der Waals surface area contributed by atoms with E-state index < -0.39 is 0 Å². The van der Waals surface area contributed by atoms with Gasteiger partial charge in [-0.3, -0.25) is 4.79 Å². The van der Waals surface area contributed by atoms with E-state index in [2.05, 4.69) is 10.6 Å². The van der Waals surface area contributed by atoms with Crippen molar-refractivity contribution in [1.29, 1.82) is 0 Å². The predicted molar refractivity (Wildman–Crippen MR) is 69.1 cm³/mol. The molecule has 0 spiro atoms. The van der Waals surface area contributed by atoms with Crippen LogP contribution in [-0.4, -0.2) is 30.1 Å². The Balaban J connectivity index is 1.84. The number of esters is 1. The number of fused-ring (bicyclic) bond motifs is 1. The fourth-order valence-corrected chi connectivity index (χ4v) is 3.20. The van der Waals surface area contributed by atoms with Gasteiger partial charge in [-0.2, -0.15) is 0 Å². The van der Waals surface area contributed by atoms with Crippen molar-refractivity contribution in [3.8, 4) is 0 Å². The molecule has 0 bridgehead atoms. The van der Waals surface area contributed by atoms with Crippen molar-refractivity contribution in [2.24, 2.45) is 0 Å². The highest BCUT2D eigenvalue weighted by atomic mass is 16.5. The minimum Gasteiger partial charge on any atom is -0.459 e. The molecular weight excluding hydrogens is 244 g/mol. The van der Waals surface area contributed by atoms with Gasteiger partial charge in [-0.05, 0) is 19.3 Å². The maximum absolute atomic E-state index is 12.1. The lowest BCUT2D eigenvalue weighted by atomic mass is 9.87. The molecule has 3 aliphatic rings. The van der Waals surface area contributed by atoms with E-state index in [0.717, 1.165) is 25.7 Å². The van der Waals surface area contributed by atoms with Gasteiger partial charge in [0.1, 0.15) is 11.8 Å². The molecule has 1 saturated carbocycles. The summed E-state index contributed by atoms with van der Waals surface area (Å²) >= 11 is 0. The Morgan fingerprint density at radius 1 is 1.16 bits per heavy atom. The number of hydrogen-bond donors (Lipinski definition) is 2. The number of carbonyl (C=O) groups excluding carboxylic acids is 2. The Hall–Kier alpha value is -1.52. The van der Waals surface area contributed by atoms with E-state index in [9.17, 15) is 9.59 Å². The maximum Gasteiger partial charge on any atom is 0.336 e. The molecule has 2 saturated heterocycles. The molecule has 3 unspecified atom stereocenters. The van der Waals surface area contributed by atoms with Crippen molar-refractivity contribution >= 4 is 11.9 Å². The van der Waals surface area contributed by atoms with Crippen molar-refractivity contribution in [2.45, 2.75) is 63.6 Å². The molecule has 0 radical (unpaired) electrons. The Labute approximate surface area is 112 Å². The smallest absolute Gasteiger partial charge is 0.336 e. The van der Waals surface area contributed by atoms with Gasteiger partial charge < -0.3 is 15.4 Å². The van der Waals surface area contributed by atoms with Crippen LogP contribution in [0.4, 0.5) is 0 Å². The predicted octanol–water partition coefficient (Wildman–Crippen LogP) is 0.997. The zero-order valence-corrected chi connectivity index (χ0v) is 11.2. The number of hydrogen-bond acceptors (Lipinski definition) is 4. The average Bonchev–Trinajstić information content (AvgIpc) is 2.79. The number of amides is 1. The van der Waals surface area contributed by atoms with Crippen molar-refractivity contribution in [3.05, 3.63) is 11.3 Å². The number of carbonyl (C=O) groups is 2. The summed E-state index contributed by atoms with van der Waals surface area (Å²) in [5.74, 6) is -0.481. The van der Waals surface area contributed by atoms with E-state index >= 15 is 0 Å². The van der Waals surface area contributed by atoms with Crippen molar-refractivity contribution < 1.29 is 14.3 Å². The Morgan fingerprint density at radius 3 is 2.47 bits per heavy atom. The zero-order chi connectivity index (χ0) is 13.4. The number of piperazine rings is 1. The van der Waals surface area contributed by atoms with Crippen LogP contribution in [0, 0.1) is 0 Å². The molecule has 0 aromatic rings. The van der Waals surface area contributed by atoms with Crippen LogP contribution in [0.3, 0.4) is 0 Å². The van der Waals surface area contributed by atoms with Gasteiger partial charge in [0, 0.05) is 18.5 Å². The molecule has 1 aliphatic carbocycles. The van der Waals surface area contributed by atoms with Crippen LogP contribution in [0.5, 0.6) is 0 Å². The van der Waals surface area contributed by atoms with E-state index in [0.29, 0.717) is 17.7 Å². The van der Waals surface area contributed by atoms with Gasteiger partial charge in [0.25, 0.3) is 5.91 Å². The first-order valence-electron chi connectivity index (χ1n) is 7.20. The quantitative estimate of drug-likeness (QED) is 0.547. The zero-order valence-electron chi connectivity index (χ0n) is 11.2. The van der Waals surface area contributed by atoms with Crippen molar-refractivity contribution in [2.75, 3.05) is 0 Å². The molecular formula is C14H20N2O3. The van der Waals surface area contributed by atoms with E-state index in [1.165, 1.54) is 6.42 Å². The standard InChI is InChI=1S/C14H20N2O3/c1-2-8-7-9(14(18)19-8)12-13(17)16-11-6-4-3-5-10(11)15-12/h8,10-11,15H,2-7H2,1H3,(H,16,17)/b12-9+. The Kier molecular flexibility index (Phi) is 3.21. The molecule has 2 aliphatic heterocycles. The van der Waals surface area contributed by atoms with Crippen LogP contribution in [-0.2, 0) is 14.3 Å². The van der Waals surface area contributed by atoms with Gasteiger partial charge in [-0.15, -0.1) is 0 Å². The van der Waals surface area contributed by atoms with Crippen LogP contribution in [0.25, 0.3) is 0 Å². The lowest BCUT2D eigenvalue weighted by molar-refractivity contribution is -0.139. The lowest BCUT2D eigenvalue weighted by Crippen LogP contribution is -2.59. The van der Waals surface area contributed by atoms with E-state index in [-0.39, 0.29) is 30.1 Å². The van der Waals surface area contributed by atoms with Gasteiger partial charge in [-0.1, -0.05) is 19.8 Å². The first-order chi connectivity index (χ1) is 9.19. The van der Waals surface area contributed by atoms with Gasteiger partial charge >= 0.3 is 5.97 Å². The summed E-state index contributed by atoms with van der Waals surface area (Å²) in [6, 6.07) is 0.479. The molecule has 19 heavy (non-hydrogen) atoms. The summed E-state index contributed by atoms with van der Waals surface area (Å²) in [6.45, 7) is 1.98. The molecule has 0 aromatic carbocycles. The fraction of sp³-hybridized carbons (Fsp3) is 0.714. The van der Waals surface area contributed by atoms with Crippen LogP contribution in [0.2, 0.25) is 0 Å². The summed E-state index contributed by atoms with van der Waals surface area (Å²) in [5, 5.41) is 6.32. The molecule has 3 fully saturated rings. The third-order valence-corrected chi connectivity index (χ3v) is 4.35. The first kappa shape index (κ1) is 12.5. The molecule has 104 valence electrons. The van der Waals surface area contributed by atoms with Crippen LogP contribution >= 0.6 is 0 Å². The van der Waals surface area contributed by atoms with Crippen LogP contribution in [0.1, 0.15) is 45.4 Å². The van der Waals surface area contributed by atoms with Gasteiger partial charge in [0.2, 0.25) is 0 Å². The molecule has 2 N–H and O–H groups in total. The van der Waals surface area contributed by atoms with Crippen molar-refractivity contribution in [1.82, 2.24) is 10.6 Å². The summed E-state index contributed by atoms with van der Waals surface area (Å²) in [4.78, 5) is 24.0. The van der Waals surface area contributed by atoms with Gasteiger partial charge in [-0.25, -0.2) is 4.79 Å². The summed E-state index contributed by atoms with van der Waals surface area (Å²) in [7, 11) is 0. The average molecular weight is 264 g/mol. The molecule has 5 nitrogen and oxygen atoms in total. The van der Waals surface area contributed by atoms with Crippen LogP contribution in [0.15, 0.2) is 11.3 Å². The monoisotopic (exact) mass is 264 g/mol. The third-order valence-electron chi connectivity index (χ3n) is 4.35. The summed E-state index contributed by atoms with van der Waals surface area (Å²) in [5.41, 5.74) is 0.970. The van der Waals surface area contributed by atoms with E-state index in [1.54, 1.807) is 0 Å². The maximum atomic E-state index is 12.1. The first-order valence-corrected chi connectivity index (χ1v) is 7.20. The molecule has 3 atom stereocenters. The highest BCUT2D eigenvalue weighted by molar-refractivity contribution is 6.04. The molecule has 0 aromatic heterocycles. The highest BCUT2D eigenvalue weighted by Gasteiger charge is 2.38. The second-order valence-electron chi connectivity index (χ2n) is 5.61. The van der Waals surface area contributed by atoms with Gasteiger partial charge in [0.15, 0.2) is 0 Å². The highest BCUT2D eigenvalue weighted by Crippen LogP contribution is 2.28. The van der Waals surface area contributed by atoms with Gasteiger partial charge in [0.05, 0.1) is 5.57 Å². The summed E-state index contributed by atoms with van der Waals surface area (Å²) < 4.78 is 5.24. The topological polar surface area (TPSA) is 67.4 Å². The van der Waals surface area contributed by atoms with Crippen LogP contribution < -0.4 is 10.6 Å². The number of nitrogens with one attached hydrogen (secondary N) is 2. The second-order valence-corrected chi connectivity index (χ2v) is 5.61. The second kappa shape index (κ2) is 4.87. The number of rotatable bonds is 1.